The molecule has 6 nitrogen and oxygen atoms in total. The lowest BCUT2D eigenvalue weighted by molar-refractivity contribution is -0.138. The second-order valence-electron chi connectivity index (χ2n) is 3.09. The van der Waals surface area contributed by atoms with Crippen molar-refractivity contribution in [3.8, 4) is 17.2 Å². The van der Waals surface area contributed by atoms with Crippen molar-refractivity contribution in [2.45, 2.75) is 6.04 Å². The van der Waals surface area contributed by atoms with Gasteiger partial charge in [0.2, 0.25) is 0 Å². The van der Waals surface area contributed by atoms with Gasteiger partial charge in [0.1, 0.15) is 11.8 Å². The highest BCUT2D eigenvalue weighted by Crippen LogP contribution is 2.37. The number of hydrogen-bond donors (Lipinski definition) is 3. The molecule has 1 unspecified atom stereocenters. The summed E-state index contributed by atoms with van der Waals surface area (Å²) in [4.78, 5) is 10.8. The zero-order valence-corrected chi connectivity index (χ0v) is 8.93. The van der Waals surface area contributed by atoms with Crippen molar-refractivity contribution in [3.63, 3.8) is 0 Å². The van der Waals surface area contributed by atoms with Crippen LogP contribution in [0.3, 0.4) is 0 Å². The lowest BCUT2D eigenvalue weighted by Crippen LogP contribution is -2.21. The van der Waals surface area contributed by atoms with Gasteiger partial charge in [-0.15, -0.1) is 0 Å². The van der Waals surface area contributed by atoms with Crippen molar-refractivity contribution < 1.29 is 24.5 Å². The molecule has 88 valence electrons. The average Bonchev–Trinajstić information content (AvgIpc) is 2.26. The fourth-order valence-corrected chi connectivity index (χ4v) is 1.34. The summed E-state index contributed by atoms with van der Waals surface area (Å²) in [5.74, 6) is -0.917. The van der Waals surface area contributed by atoms with Gasteiger partial charge in [-0.3, -0.25) is 4.79 Å². The Hall–Kier alpha value is -1.95. The van der Waals surface area contributed by atoms with E-state index in [1.807, 2.05) is 0 Å². The van der Waals surface area contributed by atoms with Crippen LogP contribution in [0.25, 0.3) is 0 Å². The molecule has 0 bridgehead atoms. The molecule has 16 heavy (non-hydrogen) atoms. The fraction of sp³-hybridized carbons (Fsp3) is 0.300. The highest BCUT2D eigenvalue weighted by Gasteiger charge is 2.22. The summed E-state index contributed by atoms with van der Waals surface area (Å²) in [7, 11) is 2.75. The molecule has 0 aliphatic carbocycles. The molecule has 0 aromatic heterocycles. The number of carbonyl (C=O) groups is 1. The van der Waals surface area contributed by atoms with Gasteiger partial charge in [0, 0.05) is 11.6 Å². The quantitative estimate of drug-likeness (QED) is 0.692. The van der Waals surface area contributed by atoms with Crippen molar-refractivity contribution in [1.29, 1.82) is 0 Å². The van der Waals surface area contributed by atoms with E-state index in [4.69, 9.17) is 20.3 Å². The Morgan fingerprint density at radius 1 is 1.38 bits per heavy atom. The predicted molar refractivity (Wildman–Crippen MR) is 55.8 cm³/mol. The van der Waals surface area contributed by atoms with Crippen LogP contribution in [0.15, 0.2) is 12.1 Å². The molecular formula is C10H13NO5. The highest BCUT2D eigenvalue weighted by molar-refractivity contribution is 5.77. The van der Waals surface area contributed by atoms with E-state index >= 15 is 0 Å². The number of aliphatic carboxylic acids is 1. The van der Waals surface area contributed by atoms with Crippen LogP contribution in [0, 0.1) is 0 Å². The van der Waals surface area contributed by atoms with E-state index in [0.717, 1.165) is 0 Å². The number of carboxylic acid groups (broad SMARTS) is 1. The Balaban J connectivity index is 3.35. The first kappa shape index (κ1) is 12.1. The second-order valence-corrected chi connectivity index (χ2v) is 3.09. The maximum atomic E-state index is 10.8. The molecule has 0 saturated carbocycles. The molecule has 0 aliphatic heterocycles. The third-order valence-electron chi connectivity index (χ3n) is 2.09. The van der Waals surface area contributed by atoms with Crippen molar-refractivity contribution in [3.05, 3.63) is 17.7 Å². The largest absolute Gasteiger partial charge is 0.508 e. The number of nitrogens with two attached hydrogens (primary N) is 1. The molecule has 6 heteroatoms. The van der Waals surface area contributed by atoms with E-state index in [2.05, 4.69) is 0 Å². The standard InChI is InChI=1S/C10H13NO5/c1-15-7-4-5(12)3-6(9(7)16-2)8(11)10(13)14/h3-4,8,12H,11H2,1-2H3,(H,13,14). The monoisotopic (exact) mass is 227 g/mol. The summed E-state index contributed by atoms with van der Waals surface area (Å²) in [5, 5.41) is 18.2. The van der Waals surface area contributed by atoms with Crippen molar-refractivity contribution in [2.75, 3.05) is 14.2 Å². The second kappa shape index (κ2) is 4.71. The van der Waals surface area contributed by atoms with Crippen LogP contribution >= 0.6 is 0 Å². The molecule has 0 spiro atoms. The number of aromatic hydroxyl groups is 1. The molecule has 0 amide bonds. The topological polar surface area (TPSA) is 102 Å². The first-order valence-corrected chi connectivity index (χ1v) is 4.44. The number of hydrogen-bond acceptors (Lipinski definition) is 5. The number of phenolic OH excluding ortho intramolecular Hbond substituents is 1. The molecule has 4 N–H and O–H groups in total. The molecule has 1 rings (SSSR count). The highest BCUT2D eigenvalue weighted by atomic mass is 16.5. The van der Waals surface area contributed by atoms with Gasteiger partial charge in [-0.05, 0) is 6.07 Å². The molecule has 0 fully saturated rings. The van der Waals surface area contributed by atoms with Gasteiger partial charge >= 0.3 is 5.97 Å². The Morgan fingerprint density at radius 3 is 2.44 bits per heavy atom. The van der Waals surface area contributed by atoms with Gasteiger partial charge in [-0.25, -0.2) is 0 Å². The van der Waals surface area contributed by atoms with Crippen LogP contribution in [0.5, 0.6) is 17.2 Å². The van der Waals surface area contributed by atoms with Crippen LogP contribution < -0.4 is 15.2 Å². The Kier molecular flexibility index (Phi) is 3.57. The predicted octanol–water partition coefficient (Wildman–Crippen LogP) is 0.494. The molecule has 1 aromatic rings. The summed E-state index contributed by atoms with van der Waals surface area (Å²) in [6, 6.07) is 1.27. The summed E-state index contributed by atoms with van der Waals surface area (Å²) < 4.78 is 9.97. The Bertz CT molecular complexity index is 404. The average molecular weight is 227 g/mol. The number of rotatable bonds is 4. The summed E-state index contributed by atoms with van der Waals surface area (Å²) in [6.45, 7) is 0. The summed E-state index contributed by atoms with van der Waals surface area (Å²) in [5.41, 5.74) is 5.62. The van der Waals surface area contributed by atoms with Gasteiger partial charge in [0.05, 0.1) is 14.2 Å². The maximum Gasteiger partial charge on any atom is 0.325 e. The minimum atomic E-state index is -1.28. The zero-order valence-electron chi connectivity index (χ0n) is 8.93. The Morgan fingerprint density at radius 2 is 2.00 bits per heavy atom. The fourth-order valence-electron chi connectivity index (χ4n) is 1.34. The minimum Gasteiger partial charge on any atom is -0.508 e. The molecular weight excluding hydrogens is 214 g/mol. The van der Waals surface area contributed by atoms with E-state index in [0.29, 0.717) is 0 Å². The van der Waals surface area contributed by atoms with Crippen LogP contribution in [0.1, 0.15) is 11.6 Å². The maximum absolute atomic E-state index is 10.8. The SMILES string of the molecule is COc1cc(O)cc(C(N)C(=O)O)c1OC. The molecule has 0 aliphatic rings. The first-order valence-electron chi connectivity index (χ1n) is 4.44. The lowest BCUT2D eigenvalue weighted by atomic mass is 10.1. The number of methoxy groups -OCH3 is 2. The zero-order chi connectivity index (χ0) is 12.3. The number of phenols is 1. The van der Waals surface area contributed by atoms with Gasteiger partial charge in [-0.1, -0.05) is 0 Å². The van der Waals surface area contributed by atoms with Gasteiger partial charge < -0.3 is 25.4 Å². The van der Waals surface area contributed by atoms with E-state index < -0.39 is 12.0 Å². The lowest BCUT2D eigenvalue weighted by Gasteiger charge is -2.15. The van der Waals surface area contributed by atoms with E-state index in [1.54, 1.807) is 0 Å². The van der Waals surface area contributed by atoms with Crippen LogP contribution in [0.4, 0.5) is 0 Å². The van der Waals surface area contributed by atoms with Crippen molar-refractivity contribution in [2.24, 2.45) is 5.73 Å². The number of benzene rings is 1. The van der Waals surface area contributed by atoms with Gasteiger partial charge in [0.25, 0.3) is 0 Å². The van der Waals surface area contributed by atoms with Crippen molar-refractivity contribution >= 4 is 5.97 Å². The van der Waals surface area contributed by atoms with E-state index in [9.17, 15) is 9.90 Å². The Labute approximate surface area is 92.2 Å². The molecule has 0 heterocycles. The normalized spacial score (nSPS) is 11.9. The van der Waals surface area contributed by atoms with Gasteiger partial charge in [0.15, 0.2) is 11.5 Å². The van der Waals surface area contributed by atoms with Crippen molar-refractivity contribution in [1.82, 2.24) is 0 Å². The minimum absolute atomic E-state index is 0.135. The van der Waals surface area contributed by atoms with Gasteiger partial charge in [-0.2, -0.15) is 0 Å². The molecule has 1 aromatic carbocycles. The van der Waals surface area contributed by atoms with Crippen LogP contribution in [-0.4, -0.2) is 30.4 Å². The third kappa shape index (κ3) is 2.17. The van der Waals surface area contributed by atoms with E-state index in [-0.39, 0.29) is 22.8 Å². The number of carboxylic acids is 1. The van der Waals surface area contributed by atoms with Crippen LogP contribution in [0.2, 0.25) is 0 Å². The molecule has 0 radical (unpaired) electrons. The molecule has 1 atom stereocenters. The van der Waals surface area contributed by atoms with Crippen LogP contribution in [-0.2, 0) is 4.79 Å². The summed E-state index contributed by atoms with van der Waals surface area (Å²) >= 11 is 0. The molecule has 0 saturated heterocycles. The van der Waals surface area contributed by atoms with E-state index in [1.165, 1.54) is 26.4 Å². The number of ether oxygens (including phenoxy) is 2. The third-order valence-corrected chi connectivity index (χ3v) is 2.09. The smallest absolute Gasteiger partial charge is 0.325 e. The summed E-state index contributed by atoms with van der Waals surface area (Å²) in [6.07, 6.45) is 0. The first-order chi connectivity index (χ1) is 7.51.